The summed E-state index contributed by atoms with van der Waals surface area (Å²) in [6.07, 6.45) is 0.330. The van der Waals surface area contributed by atoms with Crippen LogP contribution in [0.5, 0.6) is 0 Å². The van der Waals surface area contributed by atoms with E-state index in [1.54, 1.807) is 24.3 Å². The summed E-state index contributed by atoms with van der Waals surface area (Å²) in [5, 5.41) is 21.2. The number of esters is 2. The van der Waals surface area contributed by atoms with Crippen molar-refractivity contribution in [2.24, 2.45) is 28.6 Å². The summed E-state index contributed by atoms with van der Waals surface area (Å²) < 4.78 is 11.3. The van der Waals surface area contributed by atoms with E-state index in [1.807, 2.05) is 19.9 Å². The fraction of sp³-hybridized carbons (Fsp3) is 0.636. The molecule has 0 aromatic heterocycles. The standard InChI is InChI=1S/C22H28O6/c1-21(12-23)9-8-17(24)22(2)15-11-27-20(26)14(15)10-16(18(21)22)28-19(25)13-6-4-3-5-7-13/h3-7,14-18,23-24H,8-12H2,1-2H3/t14-,15-,16+,17+,18?,21-,22-/m0/s1. The van der Waals surface area contributed by atoms with Gasteiger partial charge in [0.2, 0.25) is 0 Å². The molecular formula is C22H28O6. The highest BCUT2D eigenvalue weighted by Crippen LogP contribution is 2.63. The maximum Gasteiger partial charge on any atom is 0.338 e. The van der Waals surface area contributed by atoms with Gasteiger partial charge in [0.1, 0.15) is 6.10 Å². The first-order chi connectivity index (χ1) is 13.3. The van der Waals surface area contributed by atoms with Crippen LogP contribution in [0.1, 0.15) is 43.5 Å². The van der Waals surface area contributed by atoms with E-state index in [-0.39, 0.29) is 31.0 Å². The zero-order valence-electron chi connectivity index (χ0n) is 16.3. The molecule has 1 saturated heterocycles. The van der Waals surface area contributed by atoms with Gasteiger partial charge >= 0.3 is 11.9 Å². The van der Waals surface area contributed by atoms with Gasteiger partial charge in [0, 0.05) is 23.9 Å². The van der Waals surface area contributed by atoms with Gasteiger partial charge in [-0.05, 0) is 36.8 Å². The molecule has 4 rings (SSSR count). The molecule has 1 aromatic carbocycles. The highest BCUT2D eigenvalue weighted by molar-refractivity contribution is 5.89. The van der Waals surface area contributed by atoms with Crippen LogP contribution in [0.3, 0.4) is 0 Å². The lowest BCUT2D eigenvalue weighted by atomic mass is 9.44. The van der Waals surface area contributed by atoms with Crippen LogP contribution < -0.4 is 0 Å². The highest BCUT2D eigenvalue weighted by atomic mass is 16.6. The second kappa shape index (κ2) is 6.85. The molecule has 6 heteroatoms. The van der Waals surface area contributed by atoms with Crippen molar-refractivity contribution < 1.29 is 29.3 Å². The Labute approximate surface area is 164 Å². The van der Waals surface area contributed by atoms with Crippen molar-refractivity contribution in [2.45, 2.75) is 45.3 Å². The van der Waals surface area contributed by atoms with Crippen LogP contribution in [0.25, 0.3) is 0 Å². The third-order valence-corrected chi connectivity index (χ3v) is 7.61. The van der Waals surface area contributed by atoms with Crippen LogP contribution >= 0.6 is 0 Å². The maximum atomic E-state index is 12.8. The third kappa shape index (κ3) is 2.77. The van der Waals surface area contributed by atoms with Gasteiger partial charge in [-0.1, -0.05) is 32.0 Å². The van der Waals surface area contributed by atoms with Crippen molar-refractivity contribution in [1.29, 1.82) is 0 Å². The predicted molar refractivity (Wildman–Crippen MR) is 100 cm³/mol. The third-order valence-electron chi connectivity index (χ3n) is 7.61. The quantitative estimate of drug-likeness (QED) is 0.771. The van der Waals surface area contributed by atoms with Gasteiger partial charge in [-0.15, -0.1) is 0 Å². The maximum absolute atomic E-state index is 12.8. The molecule has 2 N–H and O–H groups in total. The van der Waals surface area contributed by atoms with Gasteiger partial charge in [0.25, 0.3) is 0 Å². The smallest absolute Gasteiger partial charge is 0.338 e. The number of fused-ring (bicyclic) bond motifs is 3. The lowest BCUT2D eigenvalue weighted by Gasteiger charge is -2.61. The molecule has 7 atom stereocenters. The molecule has 0 radical (unpaired) electrons. The lowest BCUT2D eigenvalue weighted by molar-refractivity contribution is -0.212. The Balaban J connectivity index is 1.73. The molecule has 1 heterocycles. The molecule has 28 heavy (non-hydrogen) atoms. The minimum Gasteiger partial charge on any atom is -0.465 e. The van der Waals surface area contributed by atoms with Gasteiger partial charge in [-0.25, -0.2) is 4.79 Å². The van der Waals surface area contributed by atoms with Crippen LogP contribution in [0.4, 0.5) is 0 Å². The van der Waals surface area contributed by atoms with E-state index in [9.17, 15) is 19.8 Å². The van der Waals surface area contributed by atoms with Gasteiger partial charge in [0.05, 0.1) is 24.2 Å². The minimum absolute atomic E-state index is 0.0639. The molecule has 2 saturated carbocycles. The first-order valence-electron chi connectivity index (χ1n) is 10.0. The molecule has 0 amide bonds. The van der Waals surface area contributed by atoms with Gasteiger partial charge in [-0.3, -0.25) is 4.79 Å². The largest absolute Gasteiger partial charge is 0.465 e. The molecule has 6 nitrogen and oxygen atoms in total. The number of ether oxygens (including phenoxy) is 2. The molecule has 3 fully saturated rings. The number of aliphatic hydroxyl groups is 2. The molecule has 1 unspecified atom stereocenters. The van der Waals surface area contributed by atoms with Crippen molar-refractivity contribution >= 4 is 11.9 Å². The number of hydrogen-bond acceptors (Lipinski definition) is 6. The number of carbonyl (C=O) groups is 2. The summed E-state index contributed by atoms with van der Waals surface area (Å²) in [6.45, 7) is 4.17. The summed E-state index contributed by atoms with van der Waals surface area (Å²) >= 11 is 0. The molecule has 1 aromatic rings. The zero-order chi connectivity index (χ0) is 20.1. The first-order valence-corrected chi connectivity index (χ1v) is 10.0. The number of rotatable bonds is 3. The molecular weight excluding hydrogens is 360 g/mol. The average molecular weight is 388 g/mol. The highest BCUT2D eigenvalue weighted by Gasteiger charge is 2.67. The minimum atomic E-state index is -0.674. The van der Waals surface area contributed by atoms with E-state index in [1.165, 1.54) is 0 Å². The van der Waals surface area contributed by atoms with Gasteiger partial charge < -0.3 is 19.7 Å². The number of hydrogen-bond donors (Lipinski definition) is 2. The zero-order valence-corrected chi connectivity index (χ0v) is 16.3. The van der Waals surface area contributed by atoms with Crippen LogP contribution in [-0.2, 0) is 14.3 Å². The molecule has 152 valence electrons. The number of aliphatic hydroxyl groups excluding tert-OH is 2. The topological polar surface area (TPSA) is 93.1 Å². The van der Waals surface area contributed by atoms with E-state index in [4.69, 9.17) is 9.47 Å². The predicted octanol–water partition coefficient (Wildman–Crippen LogP) is 2.18. The molecule has 2 aliphatic carbocycles. The van der Waals surface area contributed by atoms with Crippen molar-refractivity contribution in [2.75, 3.05) is 13.2 Å². The molecule has 3 aliphatic rings. The Morgan fingerprint density at radius 2 is 2.00 bits per heavy atom. The summed E-state index contributed by atoms with van der Waals surface area (Å²) in [5.41, 5.74) is -0.735. The Kier molecular flexibility index (Phi) is 4.74. The number of carbonyl (C=O) groups excluding carboxylic acids is 2. The van der Waals surface area contributed by atoms with Crippen molar-refractivity contribution in [3.05, 3.63) is 35.9 Å². The van der Waals surface area contributed by atoms with Crippen LogP contribution in [-0.4, -0.2) is 47.6 Å². The average Bonchev–Trinajstić information content (AvgIpc) is 3.07. The second-order valence-electron chi connectivity index (χ2n) is 9.10. The van der Waals surface area contributed by atoms with Gasteiger partial charge in [0.15, 0.2) is 0 Å². The Morgan fingerprint density at radius 1 is 1.29 bits per heavy atom. The molecule has 1 aliphatic heterocycles. The van der Waals surface area contributed by atoms with E-state index < -0.39 is 34.9 Å². The van der Waals surface area contributed by atoms with Crippen LogP contribution in [0, 0.1) is 28.6 Å². The fourth-order valence-electron chi connectivity index (χ4n) is 6.11. The van der Waals surface area contributed by atoms with Crippen LogP contribution in [0.15, 0.2) is 30.3 Å². The normalized spacial score (nSPS) is 42.3. The van der Waals surface area contributed by atoms with Crippen molar-refractivity contribution in [3.63, 3.8) is 0 Å². The first kappa shape index (κ1) is 19.4. The lowest BCUT2D eigenvalue weighted by Crippen LogP contribution is -2.64. The summed E-state index contributed by atoms with van der Waals surface area (Å²) in [7, 11) is 0. The fourth-order valence-corrected chi connectivity index (χ4v) is 6.11. The Morgan fingerprint density at radius 3 is 2.68 bits per heavy atom. The second-order valence-corrected chi connectivity index (χ2v) is 9.10. The summed E-state index contributed by atoms with van der Waals surface area (Å²) in [5.74, 6) is -1.53. The van der Waals surface area contributed by atoms with Crippen molar-refractivity contribution in [1.82, 2.24) is 0 Å². The van der Waals surface area contributed by atoms with E-state index in [0.717, 1.165) is 0 Å². The van der Waals surface area contributed by atoms with Crippen LogP contribution in [0.2, 0.25) is 0 Å². The Bertz CT molecular complexity index is 764. The summed E-state index contributed by atoms with van der Waals surface area (Å²) in [4.78, 5) is 25.2. The SMILES string of the molecule is C[C@@]1(CO)CC[C@@H](O)[C@@]2(C)C1[C@H](OC(=O)c1ccccc1)C[C@@H]1C(=O)OC[C@@H]12. The number of benzene rings is 1. The molecule has 0 bridgehead atoms. The van der Waals surface area contributed by atoms with E-state index in [0.29, 0.717) is 24.8 Å². The van der Waals surface area contributed by atoms with Gasteiger partial charge in [-0.2, -0.15) is 0 Å². The Hall–Kier alpha value is -1.92. The summed E-state index contributed by atoms with van der Waals surface area (Å²) in [6, 6.07) is 8.76. The number of cyclic esters (lactones) is 1. The van der Waals surface area contributed by atoms with Crippen molar-refractivity contribution in [3.8, 4) is 0 Å². The van der Waals surface area contributed by atoms with E-state index >= 15 is 0 Å². The molecule has 0 spiro atoms. The van der Waals surface area contributed by atoms with E-state index in [2.05, 4.69) is 0 Å². The monoisotopic (exact) mass is 388 g/mol.